The topological polar surface area (TPSA) is 60.7 Å². The molecule has 1 aliphatic rings. The number of ether oxygens (including phenoxy) is 4. The Balaban J connectivity index is 2.75. The Bertz CT molecular complexity index is 378. The molecule has 1 saturated heterocycles. The van der Waals surface area contributed by atoms with Gasteiger partial charge in [0.15, 0.2) is 0 Å². The molecule has 1 fully saturated rings. The molecule has 4 atom stereocenters. The quantitative estimate of drug-likeness (QED) is 0.705. The summed E-state index contributed by atoms with van der Waals surface area (Å²) in [5, 5.41) is 8.67. The first-order valence-electron chi connectivity index (χ1n) is 7.99. The molecule has 1 unspecified atom stereocenters. The Morgan fingerprint density at radius 3 is 2.18 bits per heavy atom. The number of hydrogen-bond donors (Lipinski definition) is 0. The van der Waals surface area contributed by atoms with E-state index in [9.17, 15) is 0 Å². The zero-order valence-corrected chi connectivity index (χ0v) is 15.0. The van der Waals surface area contributed by atoms with E-state index in [1.807, 2.05) is 48.5 Å². The maximum absolute atomic E-state index is 8.67. The fourth-order valence-electron chi connectivity index (χ4n) is 2.40. The Hall–Kier alpha value is -0.670. The standard InChI is InChI=1S/C17H31NO4/c1-12-14(19-10-8-9-18)15(22-17(5,6)7)13(21-12)11-20-16(2,3)4/h12-15H,8,10-11H2,1-7H3/t12-,13+,14+,15?/m0/s1. The van der Waals surface area contributed by atoms with Crippen LogP contribution in [-0.2, 0) is 18.9 Å². The number of hydrogen-bond acceptors (Lipinski definition) is 5. The molecule has 0 aliphatic carbocycles. The third-order valence-corrected chi connectivity index (χ3v) is 3.24. The third kappa shape index (κ3) is 6.62. The van der Waals surface area contributed by atoms with Crippen molar-refractivity contribution in [3.8, 4) is 6.07 Å². The smallest absolute Gasteiger partial charge is 0.115 e. The van der Waals surface area contributed by atoms with Crippen LogP contribution >= 0.6 is 0 Å². The lowest BCUT2D eigenvalue weighted by Gasteiger charge is -2.32. The highest BCUT2D eigenvalue weighted by Gasteiger charge is 2.46. The van der Waals surface area contributed by atoms with Gasteiger partial charge in [0.05, 0.1) is 43.0 Å². The first-order chi connectivity index (χ1) is 10.0. The van der Waals surface area contributed by atoms with E-state index in [4.69, 9.17) is 24.2 Å². The van der Waals surface area contributed by atoms with E-state index in [-0.39, 0.29) is 35.6 Å². The largest absolute Gasteiger partial charge is 0.373 e. The van der Waals surface area contributed by atoms with Gasteiger partial charge in [-0.2, -0.15) is 5.26 Å². The van der Waals surface area contributed by atoms with Gasteiger partial charge in [-0.1, -0.05) is 0 Å². The molecule has 5 nitrogen and oxygen atoms in total. The predicted octanol–water partition coefficient (Wildman–Crippen LogP) is 3.07. The van der Waals surface area contributed by atoms with E-state index < -0.39 is 0 Å². The van der Waals surface area contributed by atoms with E-state index in [0.717, 1.165) is 0 Å². The summed E-state index contributed by atoms with van der Waals surface area (Å²) < 4.78 is 23.9. The van der Waals surface area contributed by atoms with Crippen LogP contribution in [0.15, 0.2) is 0 Å². The average molecular weight is 313 g/mol. The van der Waals surface area contributed by atoms with Crippen molar-refractivity contribution in [2.45, 2.75) is 90.5 Å². The number of nitriles is 1. The van der Waals surface area contributed by atoms with E-state index >= 15 is 0 Å². The van der Waals surface area contributed by atoms with Crippen molar-refractivity contribution < 1.29 is 18.9 Å². The SMILES string of the molecule is C[C@@H]1O[C@H](COC(C)(C)C)C(OC(C)(C)C)[C@@H]1OCCC#N. The Kier molecular flexibility index (Phi) is 6.82. The minimum Gasteiger partial charge on any atom is -0.373 e. The van der Waals surface area contributed by atoms with E-state index in [2.05, 4.69) is 6.07 Å². The molecule has 5 heteroatoms. The molecule has 1 aliphatic heterocycles. The molecule has 1 heterocycles. The van der Waals surface area contributed by atoms with Crippen LogP contribution in [0.25, 0.3) is 0 Å². The Morgan fingerprint density at radius 2 is 1.68 bits per heavy atom. The van der Waals surface area contributed by atoms with Gasteiger partial charge in [-0.3, -0.25) is 0 Å². The van der Waals surface area contributed by atoms with Gasteiger partial charge in [-0.15, -0.1) is 0 Å². The number of rotatable bonds is 6. The van der Waals surface area contributed by atoms with Crippen molar-refractivity contribution >= 4 is 0 Å². The van der Waals surface area contributed by atoms with Gasteiger partial charge in [0.1, 0.15) is 18.3 Å². The average Bonchev–Trinajstić information content (AvgIpc) is 2.62. The monoisotopic (exact) mass is 313 g/mol. The van der Waals surface area contributed by atoms with Crippen LogP contribution in [-0.4, -0.2) is 48.8 Å². The lowest BCUT2D eigenvalue weighted by Crippen LogP contribution is -2.44. The van der Waals surface area contributed by atoms with Crippen molar-refractivity contribution in [2.75, 3.05) is 13.2 Å². The van der Waals surface area contributed by atoms with Crippen molar-refractivity contribution in [3.63, 3.8) is 0 Å². The van der Waals surface area contributed by atoms with Crippen molar-refractivity contribution in [1.82, 2.24) is 0 Å². The molecule has 128 valence electrons. The van der Waals surface area contributed by atoms with Crippen LogP contribution in [0.2, 0.25) is 0 Å². The van der Waals surface area contributed by atoms with Crippen molar-refractivity contribution in [2.24, 2.45) is 0 Å². The molecule has 0 aromatic carbocycles. The molecular weight excluding hydrogens is 282 g/mol. The molecule has 0 amide bonds. The van der Waals surface area contributed by atoms with Crippen LogP contribution in [0, 0.1) is 11.3 Å². The molecule has 0 N–H and O–H groups in total. The molecular formula is C17H31NO4. The van der Waals surface area contributed by atoms with Gasteiger partial charge in [0.2, 0.25) is 0 Å². The summed E-state index contributed by atoms with van der Waals surface area (Å²) in [6.45, 7) is 15.0. The summed E-state index contributed by atoms with van der Waals surface area (Å²) in [6, 6.07) is 2.09. The minimum absolute atomic E-state index is 0.0837. The van der Waals surface area contributed by atoms with Crippen LogP contribution in [0.3, 0.4) is 0 Å². The first kappa shape index (κ1) is 19.4. The lowest BCUT2D eigenvalue weighted by atomic mass is 10.1. The Labute approximate surface area is 134 Å². The third-order valence-electron chi connectivity index (χ3n) is 3.24. The summed E-state index contributed by atoms with van der Waals surface area (Å²) in [5.74, 6) is 0. The van der Waals surface area contributed by atoms with Gasteiger partial charge in [-0.05, 0) is 48.5 Å². The Morgan fingerprint density at radius 1 is 1.05 bits per heavy atom. The summed E-state index contributed by atoms with van der Waals surface area (Å²) >= 11 is 0. The van der Waals surface area contributed by atoms with E-state index in [1.165, 1.54) is 0 Å². The molecule has 0 radical (unpaired) electrons. The minimum atomic E-state index is -0.297. The van der Waals surface area contributed by atoms with Crippen molar-refractivity contribution in [1.29, 1.82) is 5.26 Å². The maximum atomic E-state index is 8.67. The molecule has 22 heavy (non-hydrogen) atoms. The summed E-state index contributed by atoms with van der Waals surface area (Å²) in [6.07, 6.45) is -0.258. The van der Waals surface area contributed by atoms with Crippen LogP contribution in [0.4, 0.5) is 0 Å². The fraction of sp³-hybridized carbons (Fsp3) is 0.941. The molecule has 1 rings (SSSR count). The van der Waals surface area contributed by atoms with Crippen molar-refractivity contribution in [3.05, 3.63) is 0 Å². The molecule has 0 spiro atoms. The normalized spacial score (nSPS) is 29.5. The van der Waals surface area contributed by atoms with E-state index in [1.54, 1.807) is 0 Å². The second-order valence-electron chi connectivity index (χ2n) is 7.74. The summed E-state index contributed by atoms with van der Waals surface area (Å²) in [5.41, 5.74) is -0.520. The lowest BCUT2D eigenvalue weighted by molar-refractivity contribution is -0.143. The summed E-state index contributed by atoms with van der Waals surface area (Å²) in [7, 11) is 0. The summed E-state index contributed by atoms with van der Waals surface area (Å²) in [4.78, 5) is 0. The van der Waals surface area contributed by atoms with Gasteiger partial charge in [0, 0.05) is 0 Å². The van der Waals surface area contributed by atoms with Gasteiger partial charge < -0.3 is 18.9 Å². The van der Waals surface area contributed by atoms with E-state index in [0.29, 0.717) is 19.6 Å². The van der Waals surface area contributed by atoms with Crippen LogP contribution in [0.5, 0.6) is 0 Å². The molecule has 0 aromatic heterocycles. The predicted molar refractivity (Wildman–Crippen MR) is 84.6 cm³/mol. The highest BCUT2D eigenvalue weighted by molar-refractivity contribution is 4.93. The molecule has 0 bridgehead atoms. The van der Waals surface area contributed by atoms with Crippen LogP contribution in [0.1, 0.15) is 54.9 Å². The van der Waals surface area contributed by atoms with Gasteiger partial charge in [-0.25, -0.2) is 0 Å². The fourth-order valence-corrected chi connectivity index (χ4v) is 2.40. The highest BCUT2D eigenvalue weighted by Crippen LogP contribution is 2.30. The molecule has 0 aromatic rings. The number of nitrogens with zero attached hydrogens (tertiary/aromatic N) is 1. The zero-order chi connectivity index (χ0) is 17.0. The molecule has 0 saturated carbocycles. The van der Waals surface area contributed by atoms with Crippen LogP contribution < -0.4 is 0 Å². The first-order valence-corrected chi connectivity index (χ1v) is 7.99. The highest BCUT2D eigenvalue weighted by atomic mass is 16.6. The zero-order valence-electron chi connectivity index (χ0n) is 15.0. The van der Waals surface area contributed by atoms with Gasteiger partial charge in [0.25, 0.3) is 0 Å². The maximum Gasteiger partial charge on any atom is 0.115 e. The van der Waals surface area contributed by atoms with Gasteiger partial charge >= 0.3 is 0 Å². The second-order valence-corrected chi connectivity index (χ2v) is 7.74. The second kappa shape index (κ2) is 7.74.